The summed E-state index contributed by atoms with van der Waals surface area (Å²) in [5, 5.41) is 0. The summed E-state index contributed by atoms with van der Waals surface area (Å²) in [6, 6.07) is 2.70. The molecule has 0 unspecified atom stereocenters. The number of rotatable bonds is 2. The van der Waals surface area contributed by atoms with Crippen molar-refractivity contribution < 1.29 is 13.9 Å². The number of benzene rings is 1. The van der Waals surface area contributed by atoms with Gasteiger partial charge in [0.15, 0.2) is 6.29 Å². The number of hydrogen-bond acceptors (Lipinski definition) is 2. The molecule has 4 heteroatoms. The molecule has 0 saturated heterocycles. The molecule has 0 aliphatic carbocycles. The Hall–Kier alpha value is -0.900. The van der Waals surface area contributed by atoms with Crippen molar-refractivity contribution >= 4 is 22.2 Å². The zero-order chi connectivity index (χ0) is 9.14. The highest BCUT2D eigenvalue weighted by Crippen LogP contribution is 2.24. The Morgan fingerprint density at radius 2 is 2.25 bits per heavy atom. The van der Waals surface area contributed by atoms with E-state index in [9.17, 15) is 9.18 Å². The normalized spacial score (nSPS) is 9.58. The second kappa shape index (κ2) is 3.67. The Labute approximate surface area is 77.5 Å². The Kier molecular flexibility index (Phi) is 2.81. The van der Waals surface area contributed by atoms with Crippen LogP contribution in [-0.4, -0.2) is 13.4 Å². The van der Waals surface area contributed by atoms with Crippen LogP contribution in [0.1, 0.15) is 10.4 Å². The molecule has 0 bridgehead atoms. The van der Waals surface area contributed by atoms with E-state index in [0.29, 0.717) is 16.5 Å². The summed E-state index contributed by atoms with van der Waals surface area (Å²) in [6.45, 7) is 0. The number of hydrogen-bond donors (Lipinski definition) is 0. The van der Waals surface area contributed by atoms with Gasteiger partial charge in [-0.15, -0.1) is 0 Å². The molecule has 64 valence electrons. The van der Waals surface area contributed by atoms with Gasteiger partial charge in [-0.25, -0.2) is 4.39 Å². The highest BCUT2D eigenvalue weighted by Gasteiger charge is 2.07. The second-order valence-corrected chi connectivity index (χ2v) is 2.98. The van der Waals surface area contributed by atoms with Crippen LogP contribution in [0.5, 0.6) is 5.75 Å². The summed E-state index contributed by atoms with van der Waals surface area (Å²) in [5.74, 6) is -0.207. The van der Waals surface area contributed by atoms with Gasteiger partial charge in [-0.05, 0) is 22.0 Å². The summed E-state index contributed by atoms with van der Waals surface area (Å²) in [7, 11) is 1.43. The molecule has 0 fully saturated rings. The molecule has 0 radical (unpaired) electrons. The minimum absolute atomic E-state index is 0.0100. The van der Waals surface area contributed by atoms with Gasteiger partial charge in [-0.2, -0.15) is 0 Å². The molecule has 0 aromatic heterocycles. The van der Waals surface area contributed by atoms with E-state index in [1.807, 2.05) is 0 Å². The van der Waals surface area contributed by atoms with E-state index in [-0.39, 0.29) is 5.56 Å². The monoisotopic (exact) mass is 232 g/mol. The second-order valence-electron chi connectivity index (χ2n) is 2.12. The van der Waals surface area contributed by atoms with Crippen LogP contribution in [0.25, 0.3) is 0 Å². The third-order valence-corrected chi connectivity index (χ3v) is 2.06. The SMILES string of the molecule is COc1cc(F)c(C=O)c(Br)c1. The lowest BCUT2D eigenvalue weighted by Crippen LogP contribution is -1.92. The van der Waals surface area contributed by atoms with E-state index in [2.05, 4.69) is 15.9 Å². The highest BCUT2D eigenvalue weighted by atomic mass is 79.9. The lowest BCUT2D eigenvalue weighted by molar-refractivity contribution is 0.111. The van der Waals surface area contributed by atoms with Crippen LogP contribution in [-0.2, 0) is 0 Å². The molecular formula is C8H6BrFO2. The molecule has 1 aromatic rings. The first kappa shape index (κ1) is 9.19. The number of carbonyl (C=O) groups excluding carboxylic acids is 1. The Morgan fingerprint density at radius 3 is 2.67 bits per heavy atom. The number of halogens is 2. The highest BCUT2D eigenvalue weighted by molar-refractivity contribution is 9.10. The van der Waals surface area contributed by atoms with E-state index < -0.39 is 5.82 Å². The van der Waals surface area contributed by atoms with Gasteiger partial charge in [0.2, 0.25) is 0 Å². The topological polar surface area (TPSA) is 26.3 Å². The van der Waals surface area contributed by atoms with Gasteiger partial charge in [-0.3, -0.25) is 4.79 Å². The molecule has 0 aliphatic heterocycles. The van der Waals surface area contributed by atoms with Gasteiger partial charge in [0.1, 0.15) is 11.6 Å². The summed E-state index contributed by atoms with van der Waals surface area (Å²) in [4.78, 5) is 10.3. The molecule has 2 nitrogen and oxygen atoms in total. The van der Waals surface area contributed by atoms with Gasteiger partial charge >= 0.3 is 0 Å². The number of ether oxygens (including phenoxy) is 1. The Bertz CT molecular complexity index is 289. The zero-order valence-corrected chi connectivity index (χ0v) is 7.89. The summed E-state index contributed by atoms with van der Waals surface area (Å²) < 4.78 is 18.1. The number of aldehydes is 1. The zero-order valence-electron chi connectivity index (χ0n) is 6.30. The molecule has 0 aliphatic rings. The van der Waals surface area contributed by atoms with Crippen molar-refractivity contribution in [3.05, 3.63) is 28.0 Å². The molecule has 0 saturated carbocycles. The fourth-order valence-electron chi connectivity index (χ4n) is 0.791. The molecule has 1 rings (SSSR count). The van der Waals surface area contributed by atoms with Crippen molar-refractivity contribution in [2.75, 3.05) is 7.11 Å². The first-order valence-corrected chi connectivity index (χ1v) is 3.96. The fourth-order valence-corrected chi connectivity index (χ4v) is 1.30. The molecule has 0 N–H and O–H groups in total. The minimum Gasteiger partial charge on any atom is -0.497 e. The number of methoxy groups -OCH3 is 1. The number of carbonyl (C=O) groups is 1. The maximum Gasteiger partial charge on any atom is 0.154 e. The Morgan fingerprint density at radius 1 is 1.58 bits per heavy atom. The lowest BCUT2D eigenvalue weighted by Gasteiger charge is -2.02. The molecule has 0 heterocycles. The lowest BCUT2D eigenvalue weighted by atomic mass is 10.2. The van der Waals surface area contributed by atoms with E-state index in [0.717, 1.165) is 6.07 Å². The molecule has 0 amide bonds. The van der Waals surface area contributed by atoms with E-state index in [4.69, 9.17) is 4.74 Å². The van der Waals surface area contributed by atoms with E-state index in [1.54, 1.807) is 0 Å². The van der Waals surface area contributed by atoms with Crippen LogP contribution >= 0.6 is 15.9 Å². The van der Waals surface area contributed by atoms with Gasteiger partial charge in [0.05, 0.1) is 12.7 Å². The van der Waals surface area contributed by atoms with Crippen molar-refractivity contribution in [1.82, 2.24) is 0 Å². The smallest absolute Gasteiger partial charge is 0.154 e. The van der Waals surface area contributed by atoms with E-state index in [1.165, 1.54) is 13.2 Å². The van der Waals surface area contributed by atoms with Crippen LogP contribution in [0.4, 0.5) is 4.39 Å². The van der Waals surface area contributed by atoms with Crippen LogP contribution in [0, 0.1) is 5.82 Å². The maximum atomic E-state index is 13.0. The molecular weight excluding hydrogens is 227 g/mol. The standard InChI is InChI=1S/C8H6BrFO2/c1-12-5-2-7(9)6(4-11)8(10)3-5/h2-4H,1H3. The molecule has 0 atom stereocenters. The maximum absolute atomic E-state index is 13.0. The van der Waals surface area contributed by atoms with Crippen molar-refractivity contribution in [3.63, 3.8) is 0 Å². The van der Waals surface area contributed by atoms with Gasteiger partial charge in [-0.1, -0.05) is 0 Å². The fraction of sp³-hybridized carbons (Fsp3) is 0.125. The molecule has 12 heavy (non-hydrogen) atoms. The summed E-state index contributed by atoms with van der Waals surface area (Å²) in [6.07, 6.45) is 0.457. The summed E-state index contributed by atoms with van der Waals surface area (Å²) in [5.41, 5.74) is 0.0100. The van der Waals surface area contributed by atoms with Crippen LogP contribution in [0.3, 0.4) is 0 Å². The quantitative estimate of drug-likeness (QED) is 0.733. The third kappa shape index (κ3) is 1.64. The predicted molar refractivity (Wildman–Crippen MR) is 46.0 cm³/mol. The first-order chi connectivity index (χ1) is 5.69. The first-order valence-electron chi connectivity index (χ1n) is 3.17. The van der Waals surface area contributed by atoms with Gasteiger partial charge in [0, 0.05) is 10.5 Å². The van der Waals surface area contributed by atoms with Crippen LogP contribution < -0.4 is 4.74 Å². The van der Waals surface area contributed by atoms with Crippen molar-refractivity contribution in [2.24, 2.45) is 0 Å². The van der Waals surface area contributed by atoms with Gasteiger partial charge < -0.3 is 4.74 Å². The summed E-state index contributed by atoms with van der Waals surface area (Å²) >= 11 is 3.05. The average Bonchev–Trinajstić information content (AvgIpc) is 2.03. The van der Waals surface area contributed by atoms with E-state index >= 15 is 0 Å². The molecule has 1 aromatic carbocycles. The third-order valence-electron chi connectivity index (χ3n) is 1.41. The predicted octanol–water partition coefficient (Wildman–Crippen LogP) is 2.41. The Balaban J connectivity index is 3.27. The van der Waals surface area contributed by atoms with Crippen molar-refractivity contribution in [3.8, 4) is 5.75 Å². The van der Waals surface area contributed by atoms with Crippen molar-refractivity contribution in [1.29, 1.82) is 0 Å². The molecule has 0 spiro atoms. The van der Waals surface area contributed by atoms with Crippen LogP contribution in [0.15, 0.2) is 16.6 Å². The van der Waals surface area contributed by atoms with Gasteiger partial charge in [0.25, 0.3) is 0 Å². The van der Waals surface area contributed by atoms with Crippen LogP contribution in [0.2, 0.25) is 0 Å². The average molecular weight is 233 g/mol. The minimum atomic E-state index is -0.587. The largest absolute Gasteiger partial charge is 0.497 e. The van der Waals surface area contributed by atoms with Crippen molar-refractivity contribution in [2.45, 2.75) is 0 Å².